The van der Waals surface area contributed by atoms with E-state index in [-0.39, 0.29) is 5.57 Å². The van der Waals surface area contributed by atoms with E-state index in [4.69, 9.17) is 0 Å². The van der Waals surface area contributed by atoms with Crippen molar-refractivity contribution in [2.45, 2.75) is 13.3 Å². The fraction of sp³-hybridized carbons (Fsp3) is 0.0741. The third-order valence-electron chi connectivity index (χ3n) is 5.80. The molecule has 1 aliphatic rings. The summed E-state index contributed by atoms with van der Waals surface area (Å²) in [5, 5.41) is 4.51. The maximum absolute atomic E-state index is 13.3. The molecule has 0 radical (unpaired) electrons. The van der Waals surface area contributed by atoms with Gasteiger partial charge in [0, 0.05) is 17.6 Å². The minimum Gasteiger partial charge on any atom is -0.317 e. The molecular formula is C27H21N3O3. The van der Waals surface area contributed by atoms with Gasteiger partial charge in [0.05, 0.1) is 5.69 Å². The number of urea groups is 1. The zero-order valence-corrected chi connectivity index (χ0v) is 18.0. The van der Waals surface area contributed by atoms with Crippen LogP contribution in [-0.4, -0.2) is 22.4 Å². The van der Waals surface area contributed by atoms with E-state index in [0.29, 0.717) is 17.8 Å². The summed E-state index contributed by atoms with van der Waals surface area (Å²) in [5.41, 5.74) is 2.78. The number of rotatable bonds is 4. The van der Waals surface area contributed by atoms with Crippen LogP contribution in [0, 0.1) is 0 Å². The van der Waals surface area contributed by atoms with Gasteiger partial charge in [-0.1, -0.05) is 55.5 Å². The number of nitrogens with one attached hydrogen (secondary N) is 1. The zero-order chi connectivity index (χ0) is 22.9. The summed E-state index contributed by atoms with van der Waals surface area (Å²) in [4.78, 5) is 39.6. The Labute approximate surface area is 190 Å². The number of benzene rings is 3. The Balaban J connectivity index is 1.56. The van der Waals surface area contributed by atoms with Crippen LogP contribution in [0.5, 0.6) is 0 Å². The summed E-state index contributed by atoms with van der Waals surface area (Å²) < 4.78 is 1.90. The Morgan fingerprint density at radius 3 is 2.42 bits per heavy atom. The fourth-order valence-corrected chi connectivity index (χ4v) is 4.13. The van der Waals surface area contributed by atoms with Crippen LogP contribution in [0.25, 0.3) is 22.5 Å². The molecule has 162 valence electrons. The molecule has 33 heavy (non-hydrogen) atoms. The number of amides is 4. The molecule has 0 bridgehead atoms. The van der Waals surface area contributed by atoms with E-state index in [2.05, 4.69) is 5.32 Å². The molecule has 1 fully saturated rings. The standard InChI is InChI=1S/C27H21N3O3/c1-2-18-8-5-6-12-24(18)30-26(32)23(25(31)28-27(30)33)17-21-11-7-15-29(21)22-14-13-19-9-3-4-10-20(19)16-22/h3-17H,2H2,1H3,(H,28,31,33)/b23-17+. The van der Waals surface area contributed by atoms with Crippen molar-refractivity contribution in [1.82, 2.24) is 9.88 Å². The van der Waals surface area contributed by atoms with E-state index >= 15 is 0 Å². The molecule has 1 saturated heterocycles. The maximum Gasteiger partial charge on any atom is 0.335 e. The Morgan fingerprint density at radius 1 is 0.848 bits per heavy atom. The van der Waals surface area contributed by atoms with Crippen molar-refractivity contribution in [2.24, 2.45) is 0 Å². The molecule has 0 aliphatic carbocycles. The molecule has 6 heteroatoms. The molecule has 1 N–H and O–H groups in total. The SMILES string of the molecule is CCc1ccccc1N1C(=O)NC(=O)/C(=C\c2cccn2-c2ccc3ccccc3c2)C1=O. The number of aryl methyl sites for hydroxylation is 1. The van der Waals surface area contributed by atoms with Crippen LogP contribution in [0.4, 0.5) is 10.5 Å². The van der Waals surface area contributed by atoms with Gasteiger partial charge in [0.2, 0.25) is 0 Å². The van der Waals surface area contributed by atoms with Crippen molar-refractivity contribution >= 4 is 40.4 Å². The number of carbonyl (C=O) groups is 3. The number of imide groups is 2. The lowest BCUT2D eigenvalue weighted by molar-refractivity contribution is -0.122. The quantitative estimate of drug-likeness (QED) is 0.368. The van der Waals surface area contributed by atoms with E-state index in [9.17, 15) is 14.4 Å². The number of hydrogen-bond donors (Lipinski definition) is 1. The number of para-hydroxylation sites is 1. The smallest absolute Gasteiger partial charge is 0.317 e. The third kappa shape index (κ3) is 3.61. The molecule has 2 heterocycles. The molecule has 1 aliphatic heterocycles. The lowest BCUT2D eigenvalue weighted by Crippen LogP contribution is -2.54. The first-order valence-corrected chi connectivity index (χ1v) is 10.7. The molecule has 4 aromatic rings. The molecule has 6 nitrogen and oxygen atoms in total. The molecule has 3 aromatic carbocycles. The van der Waals surface area contributed by atoms with Gasteiger partial charge in [0.15, 0.2) is 0 Å². The van der Waals surface area contributed by atoms with E-state index in [1.807, 2.05) is 84.4 Å². The van der Waals surface area contributed by atoms with Gasteiger partial charge >= 0.3 is 6.03 Å². The molecular weight excluding hydrogens is 414 g/mol. The van der Waals surface area contributed by atoms with Crippen LogP contribution in [-0.2, 0) is 16.0 Å². The second-order valence-electron chi connectivity index (χ2n) is 7.77. The highest BCUT2D eigenvalue weighted by atomic mass is 16.2. The van der Waals surface area contributed by atoms with Crippen LogP contribution in [0.1, 0.15) is 18.2 Å². The number of aromatic nitrogens is 1. The highest BCUT2D eigenvalue weighted by Gasteiger charge is 2.37. The molecule has 1 aromatic heterocycles. The highest BCUT2D eigenvalue weighted by molar-refractivity contribution is 6.39. The lowest BCUT2D eigenvalue weighted by Gasteiger charge is -2.28. The van der Waals surface area contributed by atoms with E-state index in [1.54, 1.807) is 12.1 Å². The topological polar surface area (TPSA) is 71.4 Å². The van der Waals surface area contributed by atoms with Gasteiger partial charge in [-0.15, -0.1) is 0 Å². The Bertz CT molecular complexity index is 1450. The summed E-state index contributed by atoms with van der Waals surface area (Å²) in [6, 6.07) is 24.2. The molecule has 5 rings (SSSR count). The van der Waals surface area contributed by atoms with E-state index in [1.165, 1.54) is 6.08 Å². The molecule has 0 saturated carbocycles. The fourth-order valence-electron chi connectivity index (χ4n) is 4.13. The first kappa shape index (κ1) is 20.5. The van der Waals surface area contributed by atoms with Crippen LogP contribution in [0.2, 0.25) is 0 Å². The summed E-state index contributed by atoms with van der Waals surface area (Å²) in [5.74, 6) is -1.35. The molecule has 4 amide bonds. The summed E-state index contributed by atoms with van der Waals surface area (Å²) in [7, 11) is 0. The van der Waals surface area contributed by atoms with E-state index < -0.39 is 17.8 Å². The van der Waals surface area contributed by atoms with Gasteiger partial charge in [0.25, 0.3) is 11.8 Å². The van der Waals surface area contributed by atoms with Crippen molar-refractivity contribution in [2.75, 3.05) is 4.90 Å². The monoisotopic (exact) mass is 435 g/mol. The summed E-state index contributed by atoms with van der Waals surface area (Å²) >= 11 is 0. The van der Waals surface area contributed by atoms with Crippen molar-refractivity contribution in [3.05, 3.63) is 102 Å². The lowest BCUT2D eigenvalue weighted by atomic mass is 10.1. The van der Waals surface area contributed by atoms with Crippen LogP contribution < -0.4 is 10.2 Å². The third-order valence-corrected chi connectivity index (χ3v) is 5.80. The van der Waals surface area contributed by atoms with Crippen LogP contribution >= 0.6 is 0 Å². The number of hydrogen-bond acceptors (Lipinski definition) is 3. The minimum atomic E-state index is -0.743. The van der Waals surface area contributed by atoms with Crippen molar-refractivity contribution in [3.8, 4) is 5.69 Å². The second kappa shape index (κ2) is 8.24. The zero-order valence-electron chi connectivity index (χ0n) is 18.0. The highest BCUT2D eigenvalue weighted by Crippen LogP contribution is 2.27. The number of barbiturate groups is 1. The average Bonchev–Trinajstić information content (AvgIpc) is 3.30. The molecule has 0 atom stereocenters. The van der Waals surface area contributed by atoms with Crippen molar-refractivity contribution < 1.29 is 14.4 Å². The first-order valence-electron chi connectivity index (χ1n) is 10.7. The maximum atomic E-state index is 13.3. The molecule has 0 unspecified atom stereocenters. The second-order valence-corrected chi connectivity index (χ2v) is 7.77. The Morgan fingerprint density at radius 2 is 1.61 bits per heavy atom. The van der Waals surface area contributed by atoms with Crippen molar-refractivity contribution in [1.29, 1.82) is 0 Å². The summed E-state index contributed by atoms with van der Waals surface area (Å²) in [6.07, 6.45) is 4.04. The number of nitrogens with zero attached hydrogens (tertiary/aromatic N) is 2. The predicted molar refractivity (Wildman–Crippen MR) is 128 cm³/mol. The van der Waals surface area contributed by atoms with E-state index in [0.717, 1.165) is 26.9 Å². The summed E-state index contributed by atoms with van der Waals surface area (Å²) in [6.45, 7) is 1.95. The van der Waals surface area contributed by atoms with Crippen LogP contribution in [0.3, 0.4) is 0 Å². The van der Waals surface area contributed by atoms with Gasteiger partial charge in [-0.3, -0.25) is 14.9 Å². The Hall–Kier alpha value is -4.45. The largest absolute Gasteiger partial charge is 0.335 e. The van der Waals surface area contributed by atoms with Gasteiger partial charge in [0.1, 0.15) is 5.57 Å². The first-order chi connectivity index (χ1) is 16.1. The Kier molecular flexibility index (Phi) is 5.11. The number of anilines is 1. The average molecular weight is 435 g/mol. The predicted octanol–water partition coefficient (Wildman–Crippen LogP) is 4.86. The van der Waals surface area contributed by atoms with Crippen molar-refractivity contribution in [3.63, 3.8) is 0 Å². The van der Waals surface area contributed by atoms with Gasteiger partial charge in [-0.25, -0.2) is 9.69 Å². The molecule has 0 spiro atoms. The minimum absolute atomic E-state index is 0.0961. The van der Waals surface area contributed by atoms with Crippen LogP contribution in [0.15, 0.2) is 90.6 Å². The number of fused-ring (bicyclic) bond motifs is 1. The number of carbonyl (C=O) groups excluding carboxylic acids is 3. The van der Waals surface area contributed by atoms with Gasteiger partial charge < -0.3 is 4.57 Å². The normalized spacial score (nSPS) is 15.4. The van der Waals surface area contributed by atoms with Gasteiger partial charge in [-0.05, 0) is 59.2 Å². The van der Waals surface area contributed by atoms with Gasteiger partial charge in [-0.2, -0.15) is 0 Å².